The summed E-state index contributed by atoms with van der Waals surface area (Å²) in [7, 11) is 0. The zero-order valence-electron chi connectivity index (χ0n) is 16.4. The highest BCUT2D eigenvalue weighted by Gasteiger charge is 2.29. The highest BCUT2D eigenvalue weighted by molar-refractivity contribution is 6.42. The molecule has 2 heterocycles. The van der Waals surface area contributed by atoms with Crippen LogP contribution >= 0.6 is 47.2 Å². The molecule has 0 radical (unpaired) electrons. The molecule has 0 aromatic heterocycles. The van der Waals surface area contributed by atoms with Gasteiger partial charge in [0, 0.05) is 19.0 Å². The van der Waals surface area contributed by atoms with Gasteiger partial charge in [-0.15, -0.1) is 12.4 Å². The number of rotatable bonds is 5. The second kappa shape index (κ2) is 10.9. The second-order valence-corrected chi connectivity index (χ2v) is 8.34. The third kappa shape index (κ3) is 5.64. The Balaban J connectivity index is 0.00000272. The van der Waals surface area contributed by atoms with Crippen LogP contribution in [0.2, 0.25) is 15.1 Å². The van der Waals surface area contributed by atoms with Gasteiger partial charge in [0.15, 0.2) is 0 Å². The third-order valence-corrected chi connectivity index (χ3v) is 6.10. The number of benzene rings is 2. The molecule has 2 aliphatic heterocycles. The van der Waals surface area contributed by atoms with E-state index in [4.69, 9.17) is 44.3 Å². The Bertz CT molecular complexity index is 986. The van der Waals surface area contributed by atoms with E-state index < -0.39 is 0 Å². The lowest BCUT2D eigenvalue weighted by molar-refractivity contribution is -0.119. The first-order chi connectivity index (χ1) is 14.5. The molecule has 0 saturated carbocycles. The molecule has 10 heteroatoms. The van der Waals surface area contributed by atoms with E-state index in [1.807, 2.05) is 24.3 Å². The summed E-state index contributed by atoms with van der Waals surface area (Å²) in [6, 6.07) is 10.9. The first-order valence-electron chi connectivity index (χ1n) is 9.57. The fraction of sp³-hybridized carbons (Fsp3) is 0.333. The zero-order valence-corrected chi connectivity index (χ0v) is 19.5. The molecular weight excluding hydrogens is 484 g/mol. The number of nitrogens with one attached hydrogen (secondary N) is 2. The third-order valence-electron chi connectivity index (χ3n) is 5.04. The van der Waals surface area contributed by atoms with Crippen LogP contribution in [0.4, 0.5) is 0 Å². The normalized spacial score (nSPS) is 21.0. The lowest BCUT2D eigenvalue weighted by Gasteiger charge is -2.26. The van der Waals surface area contributed by atoms with Crippen molar-refractivity contribution < 1.29 is 14.3 Å². The molecule has 2 aliphatic rings. The Morgan fingerprint density at radius 3 is 2.71 bits per heavy atom. The molecule has 1 saturated heterocycles. The molecule has 1 fully saturated rings. The maximum Gasteiger partial charge on any atom is 0.246 e. The summed E-state index contributed by atoms with van der Waals surface area (Å²) in [5, 5.41) is 8.94. The predicted octanol–water partition coefficient (Wildman–Crippen LogP) is 4.65. The van der Waals surface area contributed by atoms with Gasteiger partial charge in [-0.2, -0.15) is 5.10 Å². The van der Waals surface area contributed by atoms with Crippen molar-refractivity contribution in [3.63, 3.8) is 0 Å². The predicted molar refractivity (Wildman–Crippen MR) is 125 cm³/mol. The van der Waals surface area contributed by atoms with Crippen molar-refractivity contribution >= 4 is 58.8 Å². The summed E-state index contributed by atoms with van der Waals surface area (Å²) < 4.78 is 12.3. The number of nitrogens with zero attached hydrogens (tertiary/aromatic N) is 1. The number of ether oxygens (including phenoxy) is 2. The zero-order chi connectivity index (χ0) is 21.1. The van der Waals surface area contributed by atoms with E-state index in [0.717, 1.165) is 12.1 Å². The minimum atomic E-state index is -0.204. The molecule has 2 atom stereocenters. The molecule has 2 aromatic carbocycles. The van der Waals surface area contributed by atoms with Crippen molar-refractivity contribution in [3.8, 4) is 5.75 Å². The number of halogens is 4. The van der Waals surface area contributed by atoms with Gasteiger partial charge in [0.05, 0.1) is 52.1 Å². The van der Waals surface area contributed by atoms with E-state index >= 15 is 0 Å². The highest BCUT2D eigenvalue weighted by atomic mass is 35.5. The monoisotopic (exact) mass is 503 g/mol. The molecule has 1 amide bonds. The van der Waals surface area contributed by atoms with Gasteiger partial charge in [0.1, 0.15) is 5.75 Å². The molecule has 2 aromatic rings. The van der Waals surface area contributed by atoms with Crippen molar-refractivity contribution in [2.75, 3.05) is 26.3 Å². The topological polar surface area (TPSA) is 72.0 Å². The Morgan fingerprint density at radius 2 is 1.97 bits per heavy atom. The Labute approximate surface area is 201 Å². The van der Waals surface area contributed by atoms with Gasteiger partial charge in [-0.25, -0.2) is 5.43 Å². The smallest absolute Gasteiger partial charge is 0.246 e. The van der Waals surface area contributed by atoms with Gasteiger partial charge in [0.25, 0.3) is 0 Å². The van der Waals surface area contributed by atoms with Crippen molar-refractivity contribution in [2.45, 2.75) is 12.5 Å². The van der Waals surface area contributed by atoms with Gasteiger partial charge in [0.2, 0.25) is 5.91 Å². The Hall–Kier alpha value is -1.54. The summed E-state index contributed by atoms with van der Waals surface area (Å²) >= 11 is 18.7. The van der Waals surface area contributed by atoms with E-state index in [1.54, 1.807) is 12.1 Å². The van der Waals surface area contributed by atoms with Crippen LogP contribution in [0, 0.1) is 5.92 Å². The van der Waals surface area contributed by atoms with Gasteiger partial charge >= 0.3 is 0 Å². The number of carbonyl (C=O) groups excluding carboxylic acids is 1. The van der Waals surface area contributed by atoms with E-state index in [2.05, 4.69) is 15.8 Å². The minimum absolute atomic E-state index is 0. The SMILES string of the molecule is Cl.O=C1CC(c2c(Cl)cccc2OC[C@@H]2CNCCO[C@H]2c2ccc(Cl)c(Cl)c2)=NN1. The molecule has 2 N–H and O–H groups in total. The van der Waals surface area contributed by atoms with E-state index in [9.17, 15) is 4.79 Å². The van der Waals surface area contributed by atoms with Gasteiger partial charge < -0.3 is 14.8 Å². The molecule has 0 bridgehead atoms. The fourth-order valence-electron chi connectivity index (χ4n) is 3.60. The van der Waals surface area contributed by atoms with Gasteiger partial charge in [-0.05, 0) is 29.8 Å². The molecule has 166 valence electrons. The maximum atomic E-state index is 11.6. The average Bonchev–Trinajstić information content (AvgIpc) is 3.01. The van der Waals surface area contributed by atoms with Crippen LogP contribution in [-0.2, 0) is 9.53 Å². The Kier molecular flexibility index (Phi) is 8.44. The molecule has 0 unspecified atom stereocenters. The first-order valence-corrected chi connectivity index (χ1v) is 10.7. The molecular formula is C21H21Cl4N3O3. The summed E-state index contributed by atoms with van der Waals surface area (Å²) in [6.45, 7) is 2.41. The largest absolute Gasteiger partial charge is 0.492 e. The van der Waals surface area contributed by atoms with Crippen LogP contribution < -0.4 is 15.5 Å². The molecule has 6 nitrogen and oxygen atoms in total. The summed E-state index contributed by atoms with van der Waals surface area (Å²) in [4.78, 5) is 11.6. The lowest BCUT2D eigenvalue weighted by atomic mass is 9.96. The minimum Gasteiger partial charge on any atom is -0.492 e. The molecule has 4 rings (SSSR count). The molecule has 0 aliphatic carbocycles. The number of hydrogen-bond acceptors (Lipinski definition) is 5. The van der Waals surface area contributed by atoms with Gasteiger partial charge in [-0.3, -0.25) is 4.79 Å². The highest BCUT2D eigenvalue weighted by Crippen LogP contribution is 2.34. The fourth-order valence-corrected chi connectivity index (χ4v) is 4.18. The van der Waals surface area contributed by atoms with E-state index in [1.165, 1.54) is 0 Å². The van der Waals surface area contributed by atoms with Crippen LogP contribution in [0.5, 0.6) is 5.75 Å². The quantitative estimate of drug-likeness (QED) is 0.621. The standard InChI is InChI=1S/C21H20Cl3N3O3.ClH/c22-14-5-4-12(8-16(14)24)21-13(10-25-6-7-29-21)11-30-18-3-1-2-15(23)20(18)17-9-19(28)27-26-17;/h1-5,8,13,21,25H,6-7,9-11H2,(H,27,28);1H/t13-,21-;/m0./s1. The average molecular weight is 505 g/mol. The van der Waals surface area contributed by atoms with Crippen molar-refractivity contribution in [2.24, 2.45) is 11.0 Å². The van der Waals surface area contributed by atoms with Crippen molar-refractivity contribution in [1.82, 2.24) is 10.7 Å². The van der Waals surface area contributed by atoms with E-state index in [-0.39, 0.29) is 36.8 Å². The van der Waals surface area contributed by atoms with Crippen molar-refractivity contribution in [3.05, 3.63) is 62.6 Å². The number of carbonyl (C=O) groups is 1. The summed E-state index contributed by atoms with van der Waals surface area (Å²) in [5.41, 5.74) is 4.60. The number of amides is 1. The lowest BCUT2D eigenvalue weighted by Crippen LogP contribution is -2.29. The van der Waals surface area contributed by atoms with Crippen LogP contribution in [0.15, 0.2) is 41.5 Å². The second-order valence-electron chi connectivity index (χ2n) is 7.12. The van der Waals surface area contributed by atoms with Gasteiger partial charge in [-0.1, -0.05) is 46.9 Å². The van der Waals surface area contributed by atoms with Crippen LogP contribution in [-0.4, -0.2) is 37.9 Å². The van der Waals surface area contributed by atoms with E-state index in [0.29, 0.717) is 51.9 Å². The number of hydrazone groups is 1. The molecule has 0 spiro atoms. The Morgan fingerprint density at radius 1 is 1.13 bits per heavy atom. The molecule has 31 heavy (non-hydrogen) atoms. The van der Waals surface area contributed by atoms with Crippen LogP contribution in [0.1, 0.15) is 23.7 Å². The summed E-state index contributed by atoms with van der Waals surface area (Å²) in [6.07, 6.45) is -0.0374. The number of hydrogen-bond donors (Lipinski definition) is 2. The van der Waals surface area contributed by atoms with Crippen molar-refractivity contribution in [1.29, 1.82) is 0 Å². The first kappa shape index (κ1) is 24.1. The van der Waals surface area contributed by atoms with Crippen LogP contribution in [0.25, 0.3) is 0 Å². The van der Waals surface area contributed by atoms with Crippen LogP contribution in [0.3, 0.4) is 0 Å². The summed E-state index contributed by atoms with van der Waals surface area (Å²) in [5.74, 6) is 0.425. The maximum absolute atomic E-state index is 11.6.